The van der Waals surface area contributed by atoms with Gasteiger partial charge in [-0.15, -0.1) is 11.3 Å². The van der Waals surface area contributed by atoms with Gasteiger partial charge in [0.05, 0.1) is 6.61 Å². The maximum Gasteiger partial charge on any atom is 0.119 e. The Morgan fingerprint density at radius 1 is 1.20 bits per heavy atom. The first kappa shape index (κ1) is 15.1. The summed E-state index contributed by atoms with van der Waals surface area (Å²) < 4.78 is 5.68. The first-order chi connectivity index (χ1) is 9.83. The van der Waals surface area contributed by atoms with E-state index in [9.17, 15) is 0 Å². The second kappa shape index (κ2) is 8.08. The van der Waals surface area contributed by atoms with Crippen molar-refractivity contribution in [3.05, 3.63) is 52.2 Å². The van der Waals surface area contributed by atoms with Gasteiger partial charge >= 0.3 is 0 Å². The lowest BCUT2D eigenvalue weighted by Crippen LogP contribution is -2.19. The minimum Gasteiger partial charge on any atom is -0.494 e. The second-order valence-electron chi connectivity index (χ2n) is 4.85. The van der Waals surface area contributed by atoms with Gasteiger partial charge in [0.25, 0.3) is 0 Å². The Hall–Kier alpha value is -1.32. The van der Waals surface area contributed by atoms with Crippen LogP contribution >= 0.6 is 11.3 Å². The lowest BCUT2D eigenvalue weighted by Gasteiger charge is -2.16. The van der Waals surface area contributed by atoms with Crippen molar-refractivity contribution in [2.75, 3.05) is 6.61 Å². The normalized spacial score (nSPS) is 12.3. The molecule has 1 atom stereocenters. The quantitative estimate of drug-likeness (QED) is 0.755. The summed E-state index contributed by atoms with van der Waals surface area (Å²) in [6.45, 7) is 6.00. The number of thiophene rings is 1. The van der Waals surface area contributed by atoms with Crippen LogP contribution in [0.3, 0.4) is 0 Å². The number of hydrogen-bond donors (Lipinski definition) is 1. The van der Waals surface area contributed by atoms with Crippen LogP contribution in [0.25, 0.3) is 0 Å². The zero-order valence-corrected chi connectivity index (χ0v) is 13.1. The van der Waals surface area contributed by atoms with Crippen LogP contribution in [0.4, 0.5) is 0 Å². The van der Waals surface area contributed by atoms with E-state index < -0.39 is 0 Å². The van der Waals surface area contributed by atoms with Crippen LogP contribution in [-0.4, -0.2) is 6.61 Å². The molecule has 0 bridgehead atoms. The zero-order valence-electron chi connectivity index (χ0n) is 12.3. The molecule has 0 aliphatic rings. The molecule has 1 unspecified atom stereocenters. The third-order valence-corrected chi connectivity index (χ3v) is 4.20. The van der Waals surface area contributed by atoms with Gasteiger partial charge in [0, 0.05) is 17.5 Å². The molecular formula is C17H23NOS. The van der Waals surface area contributed by atoms with E-state index in [0.717, 1.165) is 31.7 Å². The van der Waals surface area contributed by atoms with Gasteiger partial charge in [-0.3, -0.25) is 0 Å². The van der Waals surface area contributed by atoms with E-state index >= 15 is 0 Å². The average molecular weight is 289 g/mol. The molecule has 0 radical (unpaired) electrons. The van der Waals surface area contributed by atoms with E-state index in [1.807, 2.05) is 17.4 Å². The molecule has 2 rings (SSSR count). The molecule has 0 saturated carbocycles. The molecule has 20 heavy (non-hydrogen) atoms. The van der Waals surface area contributed by atoms with Gasteiger partial charge in [-0.1, -0.05) is 32.0 Å². The van der Waals surface area contributed by atoms with Crippen LogP contribution in [0.15, 0.2) is 41.8 Å². The summed E-state index contributed by atoms with van der Waals surface area (Å²) in [4.78, 5) is 1.41. The topological polar surface area (TPSA) is 21.3 Å². The number of hydrogen-bond acceptors (Lipinski definition) is 3. The predicted octanol–water partition coefficient (Wildman–Crippen LogP) is 4.78. The third-order valence-electron chi connectivity index (χ3n) is 3.22. The Labute approximate surface area is 125 Å². The fourth-order valence-corrected chi connectivity index (χ4v) is 3.03. The maximum absolute atomic E-state index is 5.68. The van der Waals surface area contributed by atoms with Crippen molar-refractivity contribution in [1.82, 2.24) is 5.32 Å². The predicted molar refractivity (Wildman–Crippen MR) is 86.4 cm³/mol. The largest absolute Gasteiger partial charge is 0.494 e. The summed E-state index contributed by atoms with van der Waals surface area (Å²) in [5.74, 6) is 0.968. The van der Waals surface area contributed by atoms with Crippen molar-refractivity contribution in [2.45, 2.75) is 39.3 Å². The lowest BCUT2D eigenvalue weighted by molar-refractivity contribution is 0.317. The van der Waals surface area contributed by atoms with Crippen LogP contribution < -0.4 is 10.1 Å². The molecule has 0 saturated heterocycles. The monoisotopic (exact) mass is 289 g/mol. The summed E-state index contributed by atoms with van der Waals surface area (Å²) in [7, 11) is 0. The summed E-state index contributed by atoms with van der Waals surface area (Å²) in [5.41, 5.74) is 1.27. The van der Waals surface area contributed by atoms with E-state index in [-0.39, 0.29) is 0 Å². The van der Waals surface area contributed by atoms with Gasteiger partial charge in [-0.25, -0.2) is 0 Å². The molecule has 1 aromatic carbocycles. The Balaban J connectivity index is 1.92. The van der Waals surface area contributed by atoms with Crippen LogP contribution in [0.2, 0.25) is 0 Å². The first-order valence-electron chi connectivity index (χ1n) is 7.32. The van der Waals surface area contributed by atoms with Crippen molar-refractivity contribution in [3.63, 3.8) is 0 Å². The van der Waals surface area contributed by atoms with Crippen LogP contribution in [-0.2, 0) is 6.54 Å². The van der Waals surface area contributed by atoms with E-state index in [1.54, 1.807) is 0 Å². The molecular weight excluding hydrogens is 266 g/mol. The fourth-order valence-electron chi connectivity index (χ4n) is 2.14. The molecule has 0 aliphatic heterocycles. The second-order valence-corrected chi connectivity index (χ2v) is 5.83. The van der Waals surface area contributed by atoms with Crippen LogP contribution in [0.1, 0.15) is 43.2 Å². The average Bonchev–Trinajstić information content (AvgIpc) is 3.00. The Kier molecular flexibility index (Phi) is 6.09. The number of nitrogens with one attached hydrogen (secondary N) is 1. The van der Waals surface area contributed by atoms with E-state index in [2.05, 4.69) is 54.9 Å². The molecule has 0 amide bonds. The molecule has 0 spiro atoms. The van der Waals surface area contributed by atoms with Crippen molar-refractivity contribution in [1.29, 1.82) is 0 Å². The molecule has 1 N–H and O–H groups in total. The van der Waals surface area contributed by atoms with Crippen molar-refractivity contribution < 1.29 is 4.74 Å². The standard InChI is InChI=1S/C17H23NOS/c1-3-10-19-15-8-5-7-14(12-15)13-18-16(4-2)17-9-6-11-20-17/h5-9,11-12,16,18H,3-4,10,13H2,1-2H3. The highest BCUT2D eigenvalue weighted by molar-refractivity contribution is 7.10. The molecule has 2 nitrogen and oxygen atoms in total. The molecule has 1 aromatic heterocycles. The minimum atomic E-state index is 0.440. The molecule has 0 fully saturated rings. The van der Waals surface area contributed by atoms with E-state index in [1.165, 1.54) is 10.4 Å². The highest BCUT2D eigenvalue weighted by atomic mass is 32.1. The van der Waals surface area contributed by atoms with E-state index in [4.69, 9.17) is 4.74 Å². The van der Waals surface area contributed by atoms with Gasteiger partial charge in [0.2, 0.25) is 0 Å². The smallest absolute Gasteiger partial charge is 0.119 e. The third kappa shape index (κ3) is 4.36. The SMILES string of the molecule is CCCOc1cccc(CNC(CC)c2cccs2)c1. The Bertz CT molecular complexity index is 495. The van der Waals surface area contributed by atoms with Gasteiger partial charge in [0.1, 0.15) is 5.75 Å². The number of ether oxygens (including phenoxy) is 1. The van der Waals surface area contributed by atoms with Crippen molar-refractivity contribution >= 4 is 11.3 Å². The molecule has 0 aliphatic carbocycles. The van der Waals surface area contributed by atoms with Gasteiger partial charge in [-0.2, -0.15) is 0 Å². The summed E-state index contributed by atoms with van der Waals surface area (Å²) >= 11 is 1.82. The molecule has 2 aromatic rings. The summed E-state index contributed by atoms with van der Waals surface area (Å²) in [6.07, 6.45) is 2.14. The van der Waals surface area contributed by atoms with Gasteiger partial charge in [-0.05, 0) is 42.0 Å². The van der Waals surface area contributed by atoms with E-state index in [0.29, 0.717) is 6.04 Å². The van der Waals surface area contributed by atoms with Crippen molar-refractivity contribution in [3.8, 4) is 5.75 Å². The summed E-state index contributed by atoms with van der Waals surface area (Å²) in [5, 5.41) is 5.76. The van der Waals surface area contributed by atoms with Gasteiger partial charge in [0.15, 0.2) is 0 Å². The molecule has 1 heterocycles. The number of rotatable bonds is 8. The Morgan fingerprint density at radius 2 is 2.10 bits per heavy atom. The number of benzene rings is 1. The first-order valence-corrected chi connectivity index (χ1v) is 8.20. The Morgan fingerprint density at radius 3 is 2.80 bits per heavy atom. The van der Waals surface area contributed by atoms with Crippen molar-refractivity contribution in [2.24, 2.45) is 0 Å². The zero-order chi connectivity index (χ0) is 14.2. The molecule has 3 heteroatoms. The lowest BCUT2D eigenvalue weighted by atomic mass is 10.1. The van der Waals surface area contributed by atoms with Crippen LogP contribution in [0.5, 0.6) is 5.75 Å². The van der Waals surface area contributed by atoms with Crippen LogP contribution in [0, 0.1) is 0 Å². The minimum absolute atomic E-state index is 0.440. The fraction of sp³-hybridized carbons (Fsp3) is 0.412. The maximum atomic E-state index is 5.68. The summed E-state index contributed by atoms with van der Waals surface area (Å²) in [6, 6.07) is 13.1. The van der Waals surface area contributed by atoms with Gasteiger partial charge < -0.3 is 10.1 Å². The highest BCUT2D eigenvalue weighted by Crippen LogP contribution is 2.22. The molecule has 108 valence electrons. The highest BCUT2D eigenvalue weighted by Gasteiger charge is 2.09.